The van der Waals surface area contributed by atoms with Gasteiger partial charge < -0.3 is 5.32 Å². The van der Waals surface area contributed by atoms with Crippen molar-refractivity contribution in [2.75, 3.05) is 20.1 Å². The zero-order valence-corrected chi connectivity index (χ0v) is 14.5. The summed E-state index contributed by atoms with van der Waals surface area (Å²) in [7, 11) is -1.72. The largest absolute Gasteiger partial charge is 0.313 e. The predicted octanol–water partition coefficient (Wildman–Crippen LogP) is 2.92. The zero-order chi connectivity index (χ0) is 15.9. The number of nitrogens with zero attached hydrogens (tertiary/aromatic N) is 1. The van der Waals surface area contributed by atoms with Gasteiger partial charge in [0.15, 0.2) is 0 Å². The van der Waals surface area contributed by atoms with Gasteiger partial charge in [0.25, 0.3) is 0 Å². The fourth-order valence-electron chi connectivity index (χ4n) is 2.08. The average Bonchev–Trinajstić information content (AvgIpc) is 2.46. The summed E-state index contributed by atoms with van der Waals surface area (Å²) >= 11 is 0. The molecule has 0 bridgehead atoms. The number of sulfonamides is 1. The second-order valence-electron chi connectivity index (χ2n) is 5.45. The van der Waals surface area contributed by atoms with E-state index in [1.807, 2.05) is 13.0 Å². The monoisotopic (exact) mass is 312 g/mol. The lowest BCUT2D eigenvalue weighted by atomic mass is 10.1. The molecule has 0 unspecified atom stereocenters. The van der Waals surface area contributed by atoms with Crippen molar-refractivity contribution in [1.29, 1.82) is 0 Å². The highest BCUT2D eigenvalue weighted by Gasteiger charge is 2.20. The lowest BCUT2D eigenvalue weighted by Crippen LogP contribution is -2.28. The first-order valence-corrected chi connectivity index (χ1v) is 9.14. The van der Waals surface area contributed by atoms with Gasteiger partial charge in [-0.05, 0) is 49.6 Å². The Morgan fingerprint density at radius 1 is 1.19 bits per heavy atom. The van der Waals surface area contributed by atoms with Crippen LogP contribution in [0.1, 0.15) is 44.2 Å². The van der Waals surface area contributed by atoms with Crippen LogP contribution in [0.3, 0.4) is 0 Å². The van der Waals surface area contributed by atoms with Gasteiger partial charge in [0.05, 0.1) is 4.90 Å². The van der Waals surface area contributed by atoms with E-state index in [1.165, 1.54) is 4.31 Å². The summed E-state index contributed by atoms with van der Waals surface area (Å²) in [6.45, 7) is 8.40. The van der Waals surface area contributed by atoms with Crippen molar-refractivity contribution < 1.29 is 8.42 Å². The van der Waals surface area contributed by atoms with E-state index >= 15 is 0 Å². The Balaban J connectivity index is 2.94. The smallest absolute Gasteiger partial charge is 0.242 e. The molecule has 4 nitrogen and oxygen atoms in total. The predicted molar refractivity (Wildman–Crippen MR) is 87.9 cm³/mol. The van der Waals surface area contributed by atoms with Gasteiger partial charge >= 0.3 is 0 Å². The van der Waals surface area contributed by atoms with E-state index in [9.17, 15) is 8.42 Å². The standard InChI is InChI=1S/C16H28N2O2S/c1-5-7-11-18(4)21(19,20)16-9-8-14(3)15(12-16)13-17-10-6-2/h8-9,12,17H,5-7,10-11,13H2,1-4H3. The summed E-state index contributed by atoms with van der Waals surface area (Å²) in [6, 6.07) is 5.40. The van der Waals surface area contributed by atoms with E-state index in [1.54, 1.807) is 19.2 Å². The maximum absolute atomic E-state index is 12.5. The van der Waals surface area contributed by atoms with Crippen LogP contribution < -0.4 is 5.32 Å². The molecule has 0 fully saturated rings. The number of unbranched alkanes of at least 4 members (excludes halogenated alkanes) is 1. The van der Waals surface area contributed by atoms with E-state index in [2.05, 4.69) is 19.2 Å². The Hall–Kier alpha value is -0.910. The summed E-state index contributed by atoms with van der Waals surface area (Å²) in [5, 5.41) is 3.33. The molecule has 0 heterocycles. The maximum atomic E-state index is 12.5. The first-order valence-electron chi connectivity index (χ1n) is 7.70. The Morgan fingerprint density at radius 3 is 2.52 bits per heavy atom. The van der Waals surface area contributed by atoms with Gasteiger partial charge in [-0.3, -0.25) is 0 Å². The summed E-state index contributed by atoms with van der Waals surface area (Å²) < 4.78 is 26.5. The summed E-state index contributed by atoms with van der Waals surface area (Å²) in [6.07, 6.45) is 2.93. The van der Waals surface area contributed by atoms with Crippen LogP contribution in [-0.4, -0.2) is 32.9 Å². The molecule has 0 saturated carbocycles. The van der Waals surface area contributed by atoms with Crippen LogP contribution >= 0.6 is 0 Å². The quantitative estimate of drug-likeness (QED) is 0.713. The molecule has 1 aromatic rings. The Kier molecular flexibility index (Phi) is 7.35. The lowest BCUT2D eigenvalue weighted by molar-refractivity contribution is 0.459. The van der Waals surface area contributed by atoms with Crippen LogP contribution in [0.5, 0.6) is 0 Å². The highest BCUT2D eigenvalue weighted by molar-refractivity contribution is 7.89. The topological polar surface area (TPSA) is 49.4 Å². The molecule has 0 amide bonds. The molecule has 0 saturated heterocycles. The Bertz CT molecular complexity index is 541. The van der Waals surface area contributed by atoms with Crippen LogP contribution in [0.2, 0.25) is 0 Å². The van der Waals surface area contributed by atoms with Crippen LogP contribution in [-0.2, 0) is 16.6 Å². The fourth-order valence-corrected chi connectivity index (χ4v) is 3.34. The Labute approximate surface area is 129 Å². The third-order valence-corrected chi connectivity index (χ3v) is 5.45. The third-order valence-electron chi connectivity index (χ3n) is 3.60. The molecule has 0 aliphatic carbocycles. The zero-order valence-electron chi connectivity index (χ0n) is 13.6. The lowest BCUT2D eigenvalue weighted by Gasteiger charge is -2.18. The molecule has 1 N–H and O–H groups in total. The van der Waals surface area contributed by atoms with Crippen LogP contribution in [0.15, 0.2) is 23.1 Å². The van der Waals surface area contributed by atoms with Crippen LogP contribution in [0.25, 0.3) is 0 Å². The molecule has 0 aliphatic heterocycles. The van der Waals surface area contributed by atoms with Crippen molar-refractivity contribution in [2.45, 2.75) is 51.5 Å². The second-order valence-corrected chi connectivity index (χ2v) is 7.49. The number of aryl methyl sites for hydroxylation is 1. The number of hydrogen-bond acceptors (Lipinski definition) is 3. The molecular formula is C16H28N2O2S. The molecule has 5 heteroatoms. The second kappa shape index (κ2) is 8.51. The normalized spacial score (nSPS) is 12.0. The first kappa shape index (κ1) is 18.1. The molecule has 0 atom stereocenters. The van der Waals surface area contributed by atoms with Crippen LogP contribution in [0, 0.1) is 6.92 Å². The van der Waals surface area contributed by atoms with Gasteiger partial charge in [0, 0.05) is 20.1 Å². The molecule has 21 heavy (non-hydrogen) atoms. The molecule has 120 valence electrons. The molecule has 1 rings (SSSR count). The molecule has 0 aromatic heterocycles. The van der Waals surface area contributed by atoms with E-state index in [-0.39, 0.29) is 0 Å². The van der Waals surface area contributed by atoms with Gasteiger partial charge in [-0.25, -0.2) is 12.7 Å². The minimum absolute atomic E-state index is 0.389. The number of rotatable bonds is 9. The maximum Gasteiger partial charge on any atom is 0.242 e. The molecule has 1 aromatic carbocycles. The highest BCUT2D eigenvalue weighted by atomic mass is 32.2. The van der Waals surface area contributed by atoms with Gasteiger partial charge in [-0.2, -0.15) is 0 Å². The number of nitrogens with one attached hydrogen (secondary N) is 1. The van der Waals surface area contributed by atoms with Crippen molar-refractivity contribution in [3.63, 3.8) is 0 Å². The summed E-state index contributed by atoms with van der Waals surface area (Å²) in [5.74, 6) is 0. The molecule has 0 radical (unpaired) electrons. The summed E-state index contributed by atoms with van der Waals surface area (Å²) in [4.78, 5) is 0.389. The highest BCUT2D eigenvalue weighted by Crippen LogP contribution is 2.19. The molecule has 0 aliphatic rings. The van der Waals surface area contributed by atoms with Gasteiger partial charge in [0.1, 0.15) is 0 Å². The van der Waals surface area contributed by atoms with Gasteiger partial charge in [0.2, 0.25) is 10.0 Å². The SMILES string of the molecule is CCCCN(C)S(=O)(=O)c1ccc(C)c(CNCCC)c1. The van der Waals surface area contributed by atoms with Crippen molar-refractivity contribution >= 4 is 10.0 Å². The van der Waals surface area contributed by atoms with E-state index < -0.39 is 10.0 Å². The minimum Gasteiger partial charge on any atom is -0.313 e. The van der Waals surface area contributed by atoms with E-state index in [4.69, 9.17) is 0 Å². The first-order chi connectivity index (χ1) is 9.93. The van der Waals surface area contributed by atoms with E-state index in [0.29, 0.717) is 18.0 Å². The van der Waals surface area contributed by atoms with Crippen molar-refractivity contribution in [3.05, 3.63) is 29.3 Å². The minimum atomic E-state index is -3.38. The van der Waals surface area contributed by atoms with Crippen molar-refractivity contribution in [2.24, 2.45) is 0 Å². The van der Waals surface area contributed by atoms with Crippen LogP contribution in [0.4, 0.5) is 0 Å². The average molecular weight is 312 g/mol. The van der Waals surface area contributed by atoms with Gasteiger partial charge in [-0.15, -0.1) is 0 Å². The molecule has 0 spiro atoms. The van der Waals surface area contributed by atoms with Crippen molar-refractivity contribution in [1.82, 2.24) is 9.62 Å². The fraction of sp³-hybridized carbons (Fsp3) is 0.625. The molecular weight excluding hydrogens is 284 g/mol. The Morgan fingerprint density at radius 2 is 1.90 bits per heavy atom. The summed E-state index contributed by atoms with van der Waals surface area (Å²) in [5.41, 5.74) is 2.17. The van der Waals surface area contributed by atoms with Crippen molar-refractivity contribution in [3.8, 4) is 0 Å². The third kappa shape index (κ3) is 5.09. The number of hydrogen-bond donors (Lipinski definition) is 1. The van der Waals surface area contributed by atoms with E-state index in [0.717, 1.165) is 36.9 Å². The number of benzene rings is 1. The van der Waals surface area contributed by atoms with Gasteiger partial charge in [-0.1, -0.05) is 26.3 Å².